The Bertz CT molecular complexity index is 313. The number of aliphatic carboxylic acids is 1. The van der Waals surface area contributed by atoms with Crippen LogP contribution >= 0.6 is 0 Å². The van der Waals surface area contributed by atoms with Gasteiger partial charge >= 0.3 is 12.0 Å². The first-order valence-electron chi connectivity index (χ1n) is 5.90. The van der Waals surface area contributed by atoms with E-state index >= 15 is 0 Å². The topological polar surface area (TPSA) is 60.9 Å². The molecule has 1 N–H and O–H groups in total. The van der Waals surface area contributed by atoms with Gasteiger partial charge in [-0.05, 0) is 19.3 Å². The summed E-state index contributed by atoms with van der Waals surface area (Å²) in [5, 5.41) is 9.03. The van der Waals surface area contributed by atoms with Gasteiger partial charge in [0.15, 0.2) is 0 Å². The summed E-state index contributed by atoms with van der Waals surface area (Å²) in [6, 6.07) is -0.718. The molecule has 0 aromatic heterocycles. The molecule has 2 amide bonds. The molecular formula is C12H20N2O3. The number of hydrogen-bond acceptors (Lipinski definition) is 2. The van der Waals surface area contributed by atoms with Crippen LogP contribution in [0.4, 0.5) is 4.79 Å². The number of carbonyl (C=O) groups excluding carboxylic acids is 1. The van der Waals surface area contributed by atoms with Crippen LogP contribution in [0.15, 0.2) is 12.7 Å². The van der Waals surface area contributed by atoms with Crippen molar-refractivity contribution >= 4 is 12.0 Å². The van der Waals surface area contributed by atoms with Crippen LogP contribution in [0.2, 0.25) is 0 Å². The molecule has 0 aliphatic heterocycles. The van der Waals surface area contributed by atoms with Crippen molar-refractivity contribution in [1.82, 2.24) is 9.80 Å². The van der Waals surface area contributed by atoms with Crippen LogP contribution in [0.1, 0.15) is 26.2 Å². The number of nitrogens with zero attached hydrogens (tertiary/aromatic N) is 2. The lowest BCUT2D eigenvalue weighted by Crippen LogP contribution is -2.49. The largest absolute Gasteiger partial charge is 0.480 e. The summed E-state index contributed by atoms with van der Waals surface area (Å²) in [5.41, 5.74) is 0. The molecule has 1 aliphatic carbocycles. The normalized spacial score (nSPS) is 16.1. The summed E-state index contributed by atoms with van der Waals surface area (Å²) in [6.45, 7) is 5.86. The number of carbonyl (C=O) groups is 2. The minimum atomic E-state index is -0.960. The van der Waals surface area contributed by atoms with Crippen molar-refractivity contribution in [2.24, 2.45) is 0 Å². The Hall–Kier alpha value is -1.52. The molecule has 0 heterocycles. The molecule has 0 aromatic rings. The predicted octanol–water partition coefficient (Wildman–Crippen LogP) is 1.55. The fourth-order valence-corrected chi connectivity index (χ4v) is 1.86. The smallest absolute Gasteiger partial charge is 0.326 e. The summed E-state index contributed by atoms with van der Waals surface area (Å²) in [7, 11) is 1.54. The molecule has 0 aromatic carbocycles. The highest BCUT2D eigenvalue weighted by Crippen LogP contribution is 2.27. The second-order valence-electron chi connectivity index (χ2n) is 4.33. The zero-order valence-corrected chi connectivity index (χ0v) is 10.4. The predicted molar refractivity (Wildman–Crippen MR) is 64.8 cm³/mol. The zero-order chi connectivity index (χ0) is 13.0. The van der Waals surface area contributed by atoms with Gasteiger partial charge in [0, 0.05) is 19.6 Å². The van der Waals surface area contributed by atoms with E-state index in [0.29, 0.717) is 13.0 Å². The Balaban J connectivity index is 2.71. The molecule has 1 aliphatic rings. The monoisotopic (exact) mass is 240 g/mol. The first kappa shape index (κ1) is 13.5. The average Bonchev–Trinajstić information content (AvgIpc) is 3.09. The van der Waals surface area contributed by atoms with Gasteiger partial charge in [-0.15, -0.1) is 6.58 Å². The molecule has 1 atom stereocenters. The van der Waals surface area contributed by atoms with Crippen molar-refractivity contribution < 1.29 is 14.7 Å². The molecular weight excluding hydrogens is 220 g/mol. The maximum Gasteiger partial charge on any atom is 0.326 e. The van der Waals surface area contributed by atoms with Crippen molar-refractivity contribution in [3.05, 3.63) is 12.7 Å². The summed E-state index contributed by atoms with van der Waals surface area (Å²) < 4.78 is 0. The molecule has 5 nitrogen and oxygen atoms in total. The molecule has 1 unspecified atom stereocenters. The Kier molecular flexibility index (Phi) is 4.54. The van der Waals surface area contributed by atoms with Gasteiger partial charge in [0.1, 0.15) is 6.04 Å². The molecule has 5 heteroatoms. The summed E-state index contributed by atoms with van der Waals surface area (Å²) in [6.07, 6.45) is 4.07. The van der Waals surface area contributed by atoms with Crippen molar-refractivity contribution in [3.63, 3.8) is 0 Å². The molecule has 0 bridgehead atoms. The molecule has 96 valence electrons. The Labute approximate surface area is 102 Å². The highest BCUT2D eigenvalue weighted by molar-refractivity contribution is 5.82. The Morgan fingerprint density at radius 2 is 2.12 bits per heavy atom. The maximum atomic E-state index is 12.2. The fraction of sp³-hybridized carbons (Fsp3) is 0.667. The first-order valence-corrected chi connectivity index (χ1v) is 5.90. The fourth-order valence-electron chi connectivity index (χ4n) is 1.86. The van der Waals surface area contributed by atoms with E-state index < -0.39 is 12.0 Å². The van der Waals surface area contributed by atoms with Crippen LogP contribution in [0.3, 0.4) is 0 Å². The molecule has 17 heavy (non-hydrogen) atoms. The third-order valence-electron chi connectivity index (χ3n) is 3.00. The van der Waals surface area contributed by atoms with E-state index in [9.17, 15) is 9.59 Å². The first-order chi connectivity index (χ1) is 8.02. The van der Waals surface area contributed by atoms with Gasteiger partial charge in [-0.1, -0.05) is 13.0 Å². The van der Waals surface area contributed by atoms with Crippen LogP contribution in [-0.2, 0) is 4.79 Å². The number of carboxylic acids is 1. The average molecular weight is 240 g/mol. The van der Waals surface area contributed by atoms with Gasteiger partial charge in [-0.2, -0.15) is 0 Å². The van der Waals surface area contributed by atoms with Crippen molar-refractivity contribution in [2.75, 3.05) is 13.6 Å². The summed E-state index contributed by atoms with van der Waals surface area (Å²) >= 11 is 0. The SMILES string of the molecule is C=CCN(C(=O)N(C)C(CC)C(=O)O)C1CC1. The third-order valence-corrected chi connectivity index (χ3v) is 3.00. The van der Waals surface area contributed by atoms with E-state index in [1.165, 1.54) is 4.90 Å². The van der Waals surface area contributed by atoms with Crippen molar-refractivity contribution in [3.8, 4) is 0 Å². The second-order valence-corrected chi connectivity index (χ2v) is 4.33. The Morgan fingerprint density at radius 3 is 2.47 bits per heavy atom. The van der Waals surface area contributed by atoms with Crippen LogP contribution in [0.5, 0.6) is 0 Å². The molecule has 0 radical (unpaired) electrons. The molecule has 1 fully saturated rings. The molecule has 0 spiro atoms. The number of rotatable bonds is 6. The Morgan fingerprint density at radius 1 is 1.53 bits per heavy atom. The van der Waals surface area contributed by atoms with Gasteiger partial charge < -0.3 is 14.9 Å². The lowest BCUT2D eigenvalue weighted by molar-refractivity contribution is -0.142. The third kappa shape index (κ3) is 3.22. The van der Waals surface area contributed by atoms with Gasteiger partial charge in [0.05, 0.1) is 0 Å². The highest BCUT2D eigenvalue weighted by atomic mass is 16.4. The van der Waals surface area contributed by atoms with Crippen LogP contribution in [0, 0.1) is 0 Å². The van der Waals surface area contributed by atoms with E-state index in [2.05, 4.69) is 6.58 Å². The van der Waals surface area contributed by atoms with Crippen molar-refractivity contribution in [1.29, 1.82) is 0 Å². The highest BCUT2D eigenvalue weighted by Gasteiger charge is 2.36. The van der Waals surface area contributed by atoms with Crippen LogP contribution < -0.4 is 0 Å². The lowest BCUT2D eigenvalue weighted by atomic mass is 10.2. The number of likely N-dealkylation sites (N-methyl/N-ethyl adjacent to an activating group) is 1. The molecule has 0 saturated heterocycles. The second kappa shape index (κ2) is 5.70. The van der Waals surface area contributed by atoms with Crippen LogP contribution in [0.25, 0.3) is 0 Å². The van der Waals surface area contributed by atoms with Gasteiger partial charge in [0.25, 0.3) is 0 Å². The molecule has 1 rings (SSSR count). The summed E-state index contributed by atoms with van der Waals surface area (Å²) in [4.78, 5) is 26.2. The minimum Gasteiger partial charge on any atom is -0.480 e. The van der Waals surface area contributed by atoms with Gasteiger partial charge in [-0.25, -0.2) is 9.59 Å². The standard InChI is InChI=1S/C12H20N2O3/c1-4-8-14(9-6-7-9)12(17)13(3)10(5-2)11(15)16/h4,9-10H,1,5-8H2,2-3H3,(H,15,16). The van der Waals surface area contributed by atoms with E-state index in [-0.39, 0.29) is 12.1 Å². The zero-order valence-electron chi connectivity index (χ0n) is 10.4. The summed E-state index contributed by atoms with van der Waals surface area (Å²) in [5.74, 6) is -0.960. The minimum absolute atomic E-state index is 0.221. The lowest BCUT2D eigenvalue weighted by Gasteiger charge is -2.30. The molecule has 1 saturated carbocycles. The number of urea groups is 1. The van der Waals surface area contributed by atoms with Crippen LogP contribution in [-0.4, -0.2) is 52.6 Å². The van der Waals surface area contributed by atoms with E-state index in [1.54, 1.807) is 24.9 Å². The number of hydrogen-bond donors (Lipinski definition) is 1. The number of amides is 2. The van der Waals surface area contributed by atoms with Crippen molar-refractivity contribution in [2.45, 2.75) is 38.3 Å². The van der Waals surface area contributed by atoms with Gasteiger partial charge in [-0.3, -0.25) is 0 Å². The quantitative estimate of drug-likeness (QED) is 0.716. The van der Waals surface area contributed by atoms with E-state index in [4.69, 9.17) is 5.11 Å². The van der Waals surface area contributed by atoms with E-state index in [1.807, 2.05) is 0 Å². The van der Waals surface area contributed by atoms with E-state index in [0.717, 1.165) is 12.8 Å². The van der Waals surface area contributed by atoms with Gasteiger partial charge in [0.2, 0.25) is 0 Å². The number of carboxylic acid groups (broad SMARTS) is 1. The maximum absolute atomic E-state index is 12.2.